The van der Waals surface area contributed by atoms with Gasteiger partial charge in [-0.3, -0.25) is 4.79 Å². The van der Waals surface area contributed by atoms with Gasteiger partial charge in [0, 0.05) is 21.5 Å². The summed E-state index contributed by atoms with van der Waals surface area (Å²) in [7, 11) is 1.39. The lowest BCUT2D eigenvalue weighted by Gasteiger charge is -2.13. The zero-order valence-corrected chi connectivity index (χ0v) is 26.7. The maximum atomic E-state index is 13.8. The van der Waals surface area contributed by atoms with Gasteiger partial charge in [0.15, 0.2) is 23.0 Å². The number of hydrogen-bond acceptors (Lipinski definition) is 7. The zero-order valence-electron chi connectivity index (χ0n) is 25.9. The van der Waals surface area contributed by atoms with E-state index in [1.807, 2.05) is 13.8 Å². The second-order valence-corrected chi connectivity index (χ2v) is 10.5. The molecule has 0 aliphatic carbocycles. The quantitative estimate of drug-likeness (QED) is 0.0629. The van der Waals surface area contributed by atoms with Crippen LogP contribution in [0.25, 0.3) is 22.0 Å². The van der Waals surface area contributed by atoms with Crippen molar-refractivity contribution in [3.8, 4) is 34.1 Å². The molecule has 48 heavy (non-hydrogen) atoms. The molecule has 0 saturated heterocycles. The standard InChI is InChI=1S/C35H29ClF3N3O6/c1-4-46-26-16-14-21(18-29(26)47-5-2)34(44)48-27-15-13-20(17-28(27)45-3)19-40-42-33(43)32-30(22-9-6-7-12-25(22)36)23-10-8-11-24(31(23)41-32)35(37,38)39/h6-19,41H,4-5H2,1-3H3,(H,42,43). The molecule has 13 heteroatoms. The predicted octanol–water partition coefficient (Wildman–Crippen LogP) is 8.30. The van der Waals surface area contributed by atoms with E-state index < -0.39 is 23.6 Å². The van der Waals surface area contributed by atoms with Crippen LogP contribution in [0.2, 0.25) is 5.02 Å². The second kappa shape index (κ2) is 14.5. The normalized spacial score (nSPS) is 11.5. The molecule has 0 unspecified atom stereocenters. The molecule has 0 aliphatic heterocycles. The minimum absolute atomic E-state index is 0.124. The van der Waals surface area contributed by atoms with Crippen molar-refractivity contribution in [2.45, 2.75) is 20.0 Å². The van der Waals surface area contributed by atoms with E-state index in [9.17, 15) is 22.8 Å². The summed E-state index contributed by atoms with van der Waals surface area (Å²) in [6.07, 6.45) is -3.37. The van der Waals surface area contributed by atoms with Gasteiger partial charge >= 0.3 is 12.1 Å². The molecular formula is C35H29ClF3N3O6. The van der Waals surface area contributed by atoms with Crippen molar-refractivity contribution in [1.29, 1.82) is 0 Å². The number of aromatic nitrogens is 1. The van der Waals surface area contributed by atoms with Crippen molar-refractivity contribution in [3.63, 3.8) is 0 Å². The van der Waals surface area contributed by atoms with Gasteiger partial charge in [0.2, 0.25) is 0 Å². The number of methoxy groups -OCH3 is 1. The van der Waals surface area contributed by atoms with Crippen LogP contribution in [0.3, 0.4) is 0 Å². The van der Waals surface area contributed by atoms with Gasteiger partial charge in [-0.25, -0.2) is 10.2 Å². The van der Waals surface area contributed by atoms with Crippen LogP contribution in [-0.2, 0) is 6.18 Å². The Labute approximate surface area is 278 Å². The molecule has 1 heterocycles. The van der Waals surface area contributed by atoms with Crippen LogP contribution in [-0.4, -0.2) is 43.4 Å². The molecule has 248 valence electrons. The molecule has 0 atom stereocenters. The summed E-state index contributed by atoms with van der Waals surface area (Å²) < 4.78 is 63.6. The molecule has 2 N–H and O–H groups in total. The van der Waals surface area contributed by atoms with Gasteiger partial charge in [-0.2, -0.15) is 18.3 Å². The first-order valence-electron chi connectivity index (χ1n) is 14.7. The fourth-order valence-corrected chi connectivity index (χ4v) is 5.20. The van der Waals surface area contributed by atoms with E-state index in [0.29, 0.717) is 35.8 Å². The van der Waals surface area contributed by atoms with E-state index in [0.717, 1.165) is 6.07 Å². The Kier molecular flexibility index (Phi) is 10.2. The number of hydrazone groups is 1. The molecule has 9 nitrogen and oxygen atoms in total. The minimum atomic E-state index is -4.67. The molecule has 5 aromatic rings. The minimum Gasteiger partial charge on any atom is -0.493 e. The number of halogens is 4. The van der Waals surface area contributed by atoms with Crippen molar-refractivity contribution in [2.75, 3.05) is 20.3 Å². The van der Waals surface area contributed by atoms with Crippen LogP contribution in [0, 0.1) is 0 Å². The number of hydrogen-bond donors (Lipinski definition) is 2. The highest BCUT2D eigenvalue weighted by molar-refractivity contribution is 6.34. The number of amides is 1. The lowest BCUT2D eigenvalue weighted by atomic mass is 10.00. The number of carbonyl (C=O) groups excluding carboxylic acids is 2. The fourth-order valence-electron chi connectivity index (χ4n) is 4.97. The molecule has 4 aromatic carbocycles. The average molecular weight is 680 g/mol. The van der Waals surface area contributed by atoms with Crippen molar-refractivity contribution in [3.05, 3.63) is 106 Å². The first-order chi connectivity index (χ1) is 23.0. The van der Waals surface area contributed by atoms with Crippen LogP contribution >= 0.6 is 11.6 Å². The summed E-state index contributed by atoms with van der Waals surface area (Å²) >= 11 is 6.40. The third-order valence-electron chi connectivity index (χ3n) is 7.06. The van der Waals surface area contributed by atoms with Crippen molar-refractivity contribution in [1.82, 2.24) is 10.4 Å². The number of carbonyl (C=O) groups is 2. The highest BCUT2D eigenvalue weighted by Gasteiger charge is 2.35. The van der Waals surface area contributed by atoms with E-state index in [4.69, 9.17) is 30.5 Å². The maximum Gasteiger partial charge on any atom is 0.418 e. The SMILES string of the molecule is CCOc1ccc(C(=O)Oc2ccc(C=NNC(=O)c3[nH]c4c(C(F)(F)F)cccc4c3-c3ccccc3Cl)cc2OC)cc1OCC. The first-order valence-corrected chi connectivity index (χ1v) is 15.0. The first kappa shape index (κ1) is 33.9. The number of fused-ring (bicyclic) bond motifs is 1. The molecule has 1 aromatic heterocycles. The predicted molar refractivity (Wildman–Crippen MR) is 176 cm³/mol. The Bertz CT molecular complexity index is 2010. The summed E-state index contributed by atoms with van der Waals surface area (Å²) in [4.78, 5) is 28.9. The van der Waals surface area contributed by atoms with Crippen LogP contribution in [0.5, 0.6) is 23.0 Å². The monoisotopic (exact) mass is 679 g/mol. The van der Waals surface area contributed by atoms with E-state index in [1.165, 1.54) is 43.7 Å². The molecule has 0 spiro atoms. The molecule has 0 fully saturated rings. The Morgan fingerprint density at radius 2 is 1.62 bits per heavy atom. The van der Waals surface area contributed by atoms with Gasteiger partial charge in [0.1, 0.15) is 5.69 Å². The smallest absolute Gasteiger partial charge is 0.418 e. The molecular weight excluding hydrogens is 651 g/mol. The summed E-state index contributed by atoms with van der Waals surface area (Å²) in [5, 5.41) is 4.41. The summed E-state index contributed by atoms with van der Waals surface area (Å²) in [6.45, 7) is 4.45. The van der Waals surface area contributed by atoms with Gasteiger partial charge in [-0.15, -0.1) is 0 Å². The molecule has 1 amide bonds. The Morgan fingerprint density at radius 1 is 0.896 bits per heavy atom. The number of H-pyrrole nitrogens is 1. The highest BCUT2D eigenvalue weighted by atomic mass is 35.5. The Balaban J connectivity index is 1.37. The van der Waals surface area contributed by atoms with Crippen LogP contribution in [0.15, 0.2) is 84.0 Å². The van der Waals surface area contributed by atoms with Gasteiger partial charge in [0.05, 0.1) is 43.2 Å². The largest absolute Gasteiger partial charge is 0.493 e. The van der Waals surface area contributed by atoms with Crippen LogP contribution in [0.4, 0.5) is 13.2 Å². The fraction of sp³-hybridized carbons (Fsp3) is 0.171. The number of esters is 1. The number of nitrogens with one attached hydrogen (secondary N) is 2. The number of aromatic amines is 1. The Morgan fingerprint density at radius 3 is 2.33 bits per heavy atom. The van der Waals surface area contributed by atoms with Gasteiger partial charge in [0.25, 0.3) is 5.91 Å². The van der Waals surface area contributed by atoms with Crippen molar-refractivity contribution in [2.24, 2.45) is 5.10 Å². The number of nitrogens with zero attached hydrogens (tertiary/aromatic N) is 1. The molecule has 0 aliphatic rings. The number of benzene rings is 4. The third kappa shape index (κ3) is 7.23. The van der Waals surface area contributed by atoms with E-state index in [2.05, 4.69) is 15.5 Å². The maximum absolute atomic E-state index is 13.8. The van der Waals surface area contributed by atoms with Gasteiger partial charge in [-0.05, 0) is 67.9 Å². The average Bonchev–Trinajstić information content (AvgIpc) is 3.45. The van der Waals surface area contributed by atoms with Crippen LogP contribution < -0.4 is 24.4 Å². The summed E-state index contributed by atoms with van der Waals surface area (Å²) in [6, 6.07) is 19.5. The van der Waals surface area contributed by atoms with Gasteiger partial charge in [-0.1, -0.05) is 41.9 Å². The highest BCUT2D eigenvalue weighted by Crippen LogP contribution is 2.41. The number of rotatable bonds is 11. The number of para-hydroxylation sites is 1. The van der Waals surface area contributed by atoms with Crippen LogP contribution in [0.1, 0.15) is 45.8 Å². The van der Waals surface area contributed by atoms with Crippen molar-refractivity contribution < 1.29 is 41.7 Å². The zero-order chi connectivity index (χ0) is 34.4. The molecule has 0 bridgehead atoms. The number of ether oxygens (including phenoxy) is 4. The van der Waals surface area contributed by atoms with E-state index >= 15 is 0 Å². The van der Waals surface area contributed by atoms with E-state index in [-0.39, 0.29) is 44.2 Å². The molecule has 0 radical (unpaired) electrons. The third-order valence-corrected chi connectivity index (χ3v) is 7.39. The lowest BCUT2D eigenvalue weighted by molar-refractivity contribution is -0.136. The molecule has 0 saturated carbocycles. The van der Waals surface area contributed by atoms with Gasteiger partial charge < -0.3 is 23.9 Å². The number of alkyl halides is 3. The topological polar surface area (TPSA) is 111 Å². The summed E-state index contributed by atoms with van der Waals surface area (Å²) in [5.74, 6) is -0.233. The second-order valence-electron chi connectivity index (χ2n) is 10.1. The lowest BCUT2D eigenvalue weighted by Crippen LogP contribution is -2.19. The van der Waals surface area contributed by atoms with Crippen molar-refractivity contribution >= 4 is 40.6 Å². The molecule has 5 rings (SSSR count). The Hall–Kier alpha value is -5.49. The summed E-state index contributed by atoms with van der Waals surface area (Å²) in [5.41, 5.74) is 2.26. The van der Waals surface area contributed by atoms with E-state index in [1.54, 1.807) is 42.5 Å².